The van der Waals surface area contributed by atoms with E-state index in [0.717, 1.165) is 9.87 Å². The van der Waals surface area contributed by atoms with Gasteiger partial charge in [-0.3, -0.25) is 4.79 Å². The molecule has 0 unspecified atom stereocenters. The molecule has 1 amide bonds. The van der Waals surface area contributed by atoms with Crippen LogP contribution in [0, 0.1) is 6.92 Å². The molecule has 0 aromatic heterocycles. The highest BCUT2D eigenvalue weighted by molar-refractivity contribution is 7.89. The summed E-state index contributed by atoms with van der Waals surface area (Å²) in [6.07, 6.45) is 0. The standard InChI is InChI=1S/C25H27ClN2O5S/c1-4-33-23-13-11-21(14-18(23)2)34(30,31)28(16-19-8-6-5-7-9-19)17-25(29)27-22-15-20(26)10-12-24(22)32-3/h5-15H,4,16-17H2,1-3H3,(H,27,29). The minimum absolute atomic E-state index is 0.0233. The van der Waals surface area contributed by atoms with Crippen molar-refractivity contribution in [3.05, 3.63) is 82.9 Å². The number of nitrogens with one attached hydrogen (secondary N) is 1. The Morgan fingerprint density at radius 2 is 1.74 bits per heavy atom. The van der Waals surface area contributed by atoms with Crippen molar-refractivity contribution in [2.45, 2.75) is 25.3 Å². The molecule has 180 valence electrons. The molecule has 0 heterocycles. The molecule has 0 aliphatic heterocycles. The number of sulfonamides is 1. The molecule has 0 atom stereocenters. The Hall–Kier alpha value is -3.07. The van der Waals surface area contributed by atoms with Crippen molar-refractivity contribution in [3.63, 3.8) is 0 Å². The van der Waals surface area contributed by atoms with Crippen LogP contribution in [-0.4, -0.2) is 38.9 Å². The minimum Gasteiger partial charge on any atom is -0.495 e. The number of methoxy groups -OCH3 is 1. The molecule has 0 fully saturated rings. The topological polar surface area (TPSA) is 84.9 Å². The molecule has 0 saturated carbocycles. The lowest BCUT2D eigenvalue weighted by Gasteiger charge is -2.23. The van der Waals surface area contributed by atoms with Gasteiger partial charge in [-0.2, -0.15) is 4.31 Å². The zero-order valence-electron chi connectivity index (χ0n) is 19.2. The van der Waals surface area contributed by atoms with Crippen molar-refractivity contribution < 1.29 is 22.7 Å². The molecule has 0 radical (unpaired) electrons. The second-order valence-corrected chi connectivity index (χ2v) is 9.89. The second-order valence-electron chi connectivity index (χ2n) is 7.51. The number of halogens is 1. The van der Waals surface area contributed by atoms with Gasteiger partial charge in [-0.15, -0.1) is 0 Å². The van der Waals surface area contributed by atoms with Crippen LogP contribution in [0.4, 0.5) is 5.69 Å². The smallest absolute Gasteiger partial charge is 0.243 e. The number of carbonyl (C=O) groups excluding carboxylic acids is 1. The zero-order chi connectivity index (χ0) is 24.7. The normalized spacial score (nSPS) is 11.3. The maximum atomic E-state index is 13.6. The number of rotatable bonds is 10. The third-order valence-corrected chi connectivity index (χ3v) is 7.06. The number of nitrogens with zero attached hydrogens (tertiary/aromatic N) is 1. The van der Waals surface area contributed by atoms with Crippen LogP contribution in [0.15, 0.2) is 71.6 Å². The van der Waals surface area contributed by atoms with Gasteiger partial charge in [0.1, 0.15) is 11.5 Å². The lowest BCUT2D eigenvalue weighted by molar-refractivity contribution is -0.116. The van der Waals surface area contributed by atoms with E-state index in [1.165, 1.54) is 13.2 Å². The van der Waals surface area contributed by atoms with E-state index in [-0.39, 0.29) is 11.4 Å². The van der Waals surface area contributed by atoms with Crippen LogP contribution in [0.3, 0.4) is 0 Å². The van der Waals surface area contributed by atoms with E-state index in [2.05, 4.69) is 5.32 Å². The zero-order valence-corrected chi connectivity index (χ0v) is 20.8. The Morgan fingerprint density at radius 3 is 2.38 bits per heavy atom. The van der Waals surface area contributed by atoms with Gasteiger partial charge >= 0.3 is 0 Å². The predicted molar refractivity (Wildman–Crippen MR) is 133 cm³/mol. The summed E-state index contributed by atoms with van der Waals surface area (Å²) < 4.78 is 39.1. The minimum atomic E-state index is -4.01. The van der Waals surface area contributed by atoms with Crippen LogP contribution in [0.2, 0.25) is 5.02 Å². The Balaban J connectivity index is 1.91. The number of anilines is 1. The lowest BCUT2D eigenvalue weighted by atomic mass is 10.2. The SMILES string of the molecule is CCOc1ccc(S(=O)(=O)N(CC(=O)Nc2cc(Cl)ccc2OC)Cc2ccccc2)cc1C. The van der Waals surface area contributed by atoms with Gasteiger partial charge in [-0.1, -0.05) is 41.9 Å². The van der Waals surface area contributed by atoms with Gasteiger partial charge in [-0.25, -0.2) is 8.42 Å². The average Bonchev–Trinajstić information content (AvgIpc) is 2.81. The van der Waals surface area contributed by atoms with E-state index in [1.54, 1.807) is 37.3 Å². The molecular formula is C25H27ClN2O5S. The molecule has 3 rings (SSSR count). The van der Waals surface area contributed by atoms with Crippen molar-refractivity contribution in [2.75, 3.05) is 25.6 Å². The maximum absolute atomic E-state index is 13.6. The van der Waals surface area contributed by atoms with Gasteiger partial charge in [0.05, 0.1) is 30.8 Å². The molecular weight excluding hydrogens is 476 g/mol. The summed E-state index contributed by atoms with van der Waals surface area (Å²) in [7, 11) is -2.53. The molecule has 1 N–H and O–H groups in total. The van der Waals surface area contributed by atoms with Crippen molar-refractivity contribution in [1.29, 1.82) is 0 Å². The number of amides is 1. The van der Waals surface area contributed by atoms with E-state index in [1.807, 2.05) is 37.3 Å². The number of hydrogen-bond donors (Lipinski definition) is 1. The Labute approximate surface area is 205 Å². The highest BCUT2D eigenvalue weighted by Gasteiger charge is 2.28. The lowest BCUT2D eigenvalue weighted by Crippen LogP contribution is -2.37. The highest BCUT2D eigenvalue weighted by atomic mass is 35.5. The van der Waals surface area contributed by atoms with E-state index in [9.17, 15) is 13.2 Å². The molecule has 0 spiro atoms. The van der Waals surface area contributed by atoms with E-state index in [4.69, 9.17) is 21.1 Å². The van der Waals surface area contributed by atoms with Gasteiger partial charge in [0.15, 0.2) is 0 Å². The quantitative estimate of drug-likeness (QED) is 0.427. The second kappa shape index (κ2) is 11.4. The molecule has 0 bridgehead atoms. The molecule has 7 nitrogen and oxygen atoms in total. The predicted octanol–water partition coefficient (Wildman–Crippen LogP) is 4.89. The van der Waals surface area contributed by atoms with E-state index >= 15 is 0 Å². The molecule has 9 heteroatoms. The first-order valence-electron chi connectivity index (χ1n) is 10.7. The number of carbonyl (C=O) groups is 1. The fourth-order valence-corrected chi connectivity index (χ4v) is 5.03. The maximum Gasteiger partial charge on any atom is 0.243 e. The average molecular weight is 503 g/mol. The third-order valence-electron chi connectivity index (χ3n) is 5.04. The van der Waals surface area contributed by atoms with Crippen molar-refractivity contribution >= 4 is 33.2 Å². The van der Waals surface area contributed by atoms with E-state index in [0.29, 0.717) is 34.4 Å². The van der Waals surface area contributed by atoms with Crippen LogP contribution in [0.1, 0.15) is 18.1 Å². The van der Waals surface area contributed by atoms with Crippen LogP contribution >= 0.6 is 11.6 Å². The van der Waals surface area contributed by atoms with Gasteiger partial charge in [0.25, 0.3) is 0 Å². The molecule has 3 aromatic carbocycles. The molecule has 0 aliphatic carbocycles. The Bertz CT molecular complexity index is 1250. The summed E-state index contributed by atoms with van der Waals surface area (Å²) in [5, 5.41) is 3.12. The summed E-state index contributed by atoms with van der Waals surface area (Å²) >= 11 is 6.05. The van der Waals surface area contributed by atoms with Crippen LogP contribution in [0.25, 0.3) is 0 Å². The van der Waals surface area contributed by atoms with Crippen LogP contribution < -0.4 is 14.8 Å². The summed E-state index contributed by atoms with van der Waals surface area (Å²) in [6, 6.07) is 18.6. The van der Waals surface area contributed by atoms with Crippen molar-refractivity contribution in [2.24, 2.45) is 0 Å². The fourth-order valence-electron chi connectivity index (χ4n) is 3.39. The first-order chi connectivity index (χ1) is 16.2. The molecule has 34 heavy (non-hydrogen) atoms. The largest absolute Gasteiger partial charge is 0.495 e. The molecule has 0 aliphatic rings. The van der Waals surface area contributed by atoms with E-state index < -0.39 is 22.5 Å². The summed E-state index contributed by atoms with van der Waals surface area (Å²) in [6.45, 7) is 3.73. The summed E-state index contributed by atoms with van der Waals surface area (Å²) in [5.41, 5.74) is 1.80. The number of hydrogen-bond acceptors (Lipinski definition) is 5. The number of aryl methyl sites for hydroxylation is 1. The summed E-state index contributed by atoms with van der Waals surface area (Å²) in [5.74, 6) is 0.502. The number of benzene rings is 3. The van der Waals surface area contributed by atoms with Crippen molar-refractivity contribution in [3.8, 4) is 11.5 Å². The van der Waals surface area contributed by atoms with Gasteiger partial charge in [0, 0.05) is 11.6 Å². The molecule has 3 aromatic rings. The number of ether oxygens (including phenoxy) is 2. The van der Waals surface area contributed by atoms with Crippen LogP contribution in [-0.2, 0) is 21.4 Å². The molecule has 0 saturated heterocycles. The first kappa shape index (κ1) is 25.6. The highest BCUT2D eigenvalue weighted by Crippen LogP contribution is 2.28. The Kier molecular flexibility index (Phi) is 8.55. The first-order valence-corrected chi connectivity index (χ1v) is 12.5. The van der Waals surface area contributed by atoms with Gasteiger partial charge in [-0.05, 0) is 61.4 Å². The van der Waals surface area contributed by atoms with Gasteiger partial charge < -0.3 is 14.8 Å². The van der Waals surface area contributed by atoms with Crippen LogP contribution in [0.5, 0.6) is 11.5 Å². The van der Waals surface area contributed by atoms with Gasteiger partial charge in [0.2, 0.25) is 15.9 Å². The fraction of sp³-hybridized carbons (Fsp3) is 0.240. The van der Waals surface area contributed by atoms with Crippen molar-refractivity contribution in [1.82, 2.24) is 4.31 Å². The third kappa shape index (κ3) is 6.28. The summed E-state index contributed by atoms with van der Waals surface area (Å²) in [4.78, 5) is 13.0. The Morgan fingerprint density at radius 1 is 1.03 bits per heavy atom. The monoisotopic (exact) mass is 502 g/mol.